The second-order valence-electron chi connectivity index (χ2n) is 3.74. The third kappa shape index (κ3) is 1.74. The molecule has 2 aromatic rings. The molecule has 0 aliphatic rings. The first-order chi connectivity index (χ1) is 7.61. The zero-order chi connectivity index (χ0) is 11.7. The molecular weight excluding hydrogens is 206 g/mol. The lowest BCUT2D eigenvalue weighted by molar-refractivity contribution is -0.136. The lowest BCUT2D eigenvalue weighted by atomic mass is 10.1. The Labute approximate surface area is 92.9 Å². The van der Waals surface area contributed by atoms with Gasteiger partial charge in [0.1, 0.15) is 5.75 Å². The Hall–Kier alpha value is -1.97. The van der Waals surface area contributed by atoms with E-state index in [2.05, 4.69) is 4.98 Å². The summed E-state index contributed by atoms with van der Waals surface area (Å²) in [4.78, 5) is 13.7. The third-order valence-electron chi connectivity index (χ3n) is 2.59. The smallest absolute Gasteiger partial charge is 0.309 e. The van der Waals surface area contributed by atoms with E-state index in [1.165, 1.54) is 0 Å². The van der Waals surface area contributed by atoms with Gasteiger partial charge in [-0.3, -0.25) is 4.79 Å². The Kier molecular flexibility index (Phi) is 2.56. The Morgan fingerprint density at radius 2 is 2.25 bits per heavy atom. The number of rotatable bonds is 3. The Bertz CT molecular complexity index is 542. The van der Waals surface area contributed by atoms with Crippen LogP contribution in [0.25, 0.3) is 10.9 Å². The summed E-state index contributed by atoms with van der Waals surface area (Å²) >= 11 is 0. The minimum atomic E-state index is -0.844. The van der Waals surface area contributed by atoms with Crippen molar-refractivity contribution >= 4 is 16.9 Å². The predicted molar refractivity (Wildman–Crippen MR) is 60.9 cm³/mol. The van der Waals surface area contributed by atoms with Crippen molar-refractivity contribution < 1.29 is 14.6 Å². The van der Waals surface area contributed by atoms with Crippen LogP contribution in [0.4, 0.5) is 0 Å². The summed E-state index contributed by atoms with van der Waals surface area (Å²) in [5.74, 6) is -0.111. The fourth-order valence-electron chi connectivity index (χ4n) is 1.82. The van der Waals surface area contributed by atoms with Crippen LogP contribution >= 0.6 is 0 Å². The largest absolute Gasteiger partial charge is 0.495 e. The van der Waals surface area contributed by atoms with Crippen LogP contribution in [-0.2, 0) is 11.2 Å². The zero-order valence-corrected chi connectivity index (χ0v) is 9.20. The van der Waals surface area contributed by atoms with Crippen LogP contribution in [-0.4, -0.2) is 23.2 Å². The van der Waals surface area contributed by atoms with E-state index < -0.39 is 5.97 Å². The first-order valence-electron chi connectivity index (χ1n) is 4.99. The van der Waals surface area contributed by atoms with Gasteiger partial charge in [0.25, 0.3) is 0 Å². The zero-order valence-electron chi connectivity index (χ0n) is 9.20. The van der Waals surface area contributed by atoms with Crippen LogP contribution in [0, 0.1) is 6.92 Å². The molecule has 1 aromatic heterocycles. The summed E-state index contributed by atoms with van der Waals surface area (Å²) in [5.41, 5.74) is 2.65. The molecule has 0 fully saturated rings. The first kappa shape index (κ1) is 10.5. The van der Waals surface area contributed by atoms with E-state index in [1.54, 1.807) is 7.11 Å². The van der Waals surface area contributed by atoms with Crippen LogP contribution in [0.3, 0.4) is 0 Å². The number of hydrogen-bond acceptors (Lipinski definition) is 2. The van der Waals surface area contributed by atoms with Crippen molar-refractivity contribution in [2.75, 3.05) is 7.11 Å². The van der Waals surface area contributed by atoms with E-state index in [0.29, 0.717) is 5.69 Å². The fraction of sp³-hybridized carbons (Fsp3) is 0.250. The van der Waals surface area contributed by atoms with Crippen LogP contribution in [0.1, 0.15) is 11.3 Å². The number of carboxylic acid groups (broad SMARTS) is 1. The lowest BCUT2D eigenvalue weighted by Crippen LogP contribution is -1.99. The third-order valence-corrected chi connectivity index (χ3v) is 2.59. The average Bonchev–Trinajstić information content (AvgIpc) is 2.62. The SMILES string of the molecule is COc1ccc(C)c2cc(CC(=O)O)[nH]c12. The standard InChI is InChI=1S/C12H13NO3/c1-7-3-4-10(16-2)12-9(7)5-8(13-12)6-11(14)15/h3-5,13H,6H2,1-2H3,(H,14,15). The Morgan fingerprint density at radius 3 is 2.88 bits per heavy atom. The number of fused-ring (bicyclic) bond motifs is 1. The van der Waals surface area contributed by atoms with Crippen molar-refractivity contribution in [1.29, 1.82) is 0 Å². The van der Waals surface area contributed by atoms with E-state index in [1.807, 2.05) is 25.1 Å². The first-order valence-corrected chi connectivity index (χ1v) is 4.99. The highest BCUT2D eigenvalue weighted by molar-refractivity contribution is 5.89. The molecular formula is C12H13NO3. The van der Waals surface area contributed by atoms with Gasteiger partial charge in [0.2, 0.25) is 0 Å². The van der Waals surface area contributed by atoms with Crippen molar-refractivity contribution in [3.8, 4) is 5.75 Å². The minimum Gasteiger partial charge on any atom is -0.495 e. The minimum absolute atomic E-state index is 0.00270. The molecule has 1 aromatic carbocycles. The van der Waals surface area contributed by atoms with Crippen molar-refractivity contribution in [3.63, 3.8) is 0 Å². The molecule has 4 nitrogen and oxygen atoms in total. The summed E-state index contributed by atoms with van der Waals surface area (Å²) in [5, 5.41) is 9.75. The molecule has 0 atom stereocenters. The van der Waals surface area contributed by atoms with Gasteiger partial charge in [-0.1, -0.05) is 6.07 Å². The number of benzene rings is 1. The van der Waals surface area contributed by atoms with Crippen molar-refractivity contribution in [3.05, 3.63) is 29.5 Å². The molecule has 0 aliphatic heterocycles. The second kappa shape index (κ2) is 3.89. The number of aromatic amines is 1. The van der Waals surface area contributed by atoms with Gasteiger partial charge in [-0.15, -0.1) is 0 Å². The van der Waals surface area contributed by atoms with E-state index in [0.717, 1.165) is 22.2 Å². The molecule has 2 rings (SSSR count). The van der Waals surface area contributed by atoms with Gasteiger partial charge in [0.05, 0.1) is 19.0 Å². The number of aromatic nitrogens is 1. The average molecular weight is 219 g/mol. The monoisotopic (exact) mass is 219 g/mol. The van der Waals surface area contributed by atoms with Gasteiger partial charge in [0.15, 0.2) is 0 Å². The highest BCUT2D eigenvalue weighted by atomic mass is 16.5. The van der Waals surface area contributed by atoms with Gasteiger partial charge in [-0.25, -0.2) is 0 Å². The molecule has 2 N–H and O–H groups in total. The lowest BCUT2D eigenvalue weighted by Gasteiger charge is -2.02. The highest BCUT2D eigenvalue weighted by Gasteiger charge is 2.10. The van der Waals surface area contributed by atoms with E-state index >= 15 is 0 Å². The molecule has 0 spiro atoms. The molecule has 0 saturated heterocycles. The molecule has 0 bridgehead atoms. The number of methoxy groups -OCH3 is 1. The molecule has 84 valence electrons. The van der Waals surface area contributed by atoms with Crippen LogP contribution < -0.4 is 4.74 Å². The Balaban J connectivity index is 2.58. The topological polar surface area (TPSA) is 62.3 Å². The molecule has 0 unspecified atom stereocenters. The number of aliphatic carboxylic acids is 1. The van der Waals surface area contributed by atoms with E-state index in [4.69, 9.17) is 9.84 Å². The maximum absolute atomic E-state index is 10.6. The van der Waals surface area contributed by atoms with Crippen LogP contribution in [0.2, 0.25) is 0 Å². The molecule has 0 radical (unpaired) electrons. The molecule has 4 heteroatoms. The summed E-state index contributed by atoms with van der Waals surface area (Å²) in [6.45, 7) is 1.99. The molecule has 0 amide bonds. The summed E-state index contributed by atoms with van der Waals surface area (Å²) in [7, 11) is 1.60. The Morgan fingerprint density at radius 1 is 1.50 bits per heavy atom. The maximum Gasteiger partial charge on any atom is 0.309 e. The number of H-pyrrole nitrogens is 1. The van der Waals surface area contributed by atoms with E-state index in [-0.39, 0.29) is 6.42 Å². The number of hydrogen-bond donors (Lipinski definition) is 2. The van der Waals surface area contributed by atoms with Crippen molar-refractivity contribution in [1.82, 2.24) is 4.98 Å². The second-order valence-corrected chi connectivity index (χ2v) is 3.74. The molecule has 1 heterocycles. The van der Waals surface area contributed by atoms with Gasteiger partial charge >= 0.3 is 5.97 Å². The van der Waals surface area contributed by atoms with Gasteiger partial charge in [-0.05, 0) is 24.6 Å². The predicted octanol–water partition coefficient (Wildman–Crippen LogP) is 2.11. The van der Waals surface area contributed by atoms with Gasteiger partial charge in [-0.2, -0.15) is 0 Å². The normalized spacial score (nSPS) is 10.6. The summed E-state index contributed by atoms with van der Waals surface area (Å²) in [6, 6.07) is 5.69. The van der Waals surface area contributed by atoms with E-state index in [9.17, 15) is 4.79 Å². The maximum atomic E-state index is 10.6. The molecule has 0 aliphatic carbocycles. The van der Waals surface area contributed by atoms with Crippen molar-refractivity contribution in [2.24, 2.45) is 0 Å². The van der Waals surface area contributed by atoms with Crippen LogP contribution in [0.15, 0.2) is 18.2 Å². The fourth-order valence-corrected chi connectivity index (χ4v) is 1.82. The van der Waals surface area contributed by atoms with Gasteiger partial charge in [0, 0.05) is 11.1 Å². The number of carboxylic acids is 1. The van der Waals surface area contributed by atoms with Crippen molar-refractivity contribution in [2.45, 2.75) is 13.3 Å². The van der Waals surface area contributed by atoms with Gasteiger partial charge < -0.3 is 14.8 Å². The number of nitrogens with one attached hydrogen (secondary N) is 1. The summed E-state index contributed by atoms with van der Waals surface area (Å²) < 4.78 is 5.22. The van der Waals surface area contributed by atoms with Crippen LogP contribution in [0.5, 0.6) is 5.75 Å². The number of carbonyl (C=O) groups is 1. The number of ether oxygens (including phenoxy) is 1. The quantitative estimate of drug-likeness (QED) is 0.831. The highest BCUT2D eigenvalue weighted by Crippen LogP contribution is 2.28. The molecule has 16 heavy (non-hydrogen) atoms. The number of aryl methyl sites for hydroxylation is 1. The summed E-state index contributed by atoms with van der Waals surface area (Å²) in [6.07, 6.45) is -0.00270. The molecule has 0 saturated carbocycles.